The fourth-order valence-electron chi connectivity index (χ4n) is 1.99. The molecule has 3 atom stereocenters. The van der Waals surface area contributed by atoms with E-state index >= 15 is 0 Å². The van der Waals surface area contributed by atoms with Gasteiger partial charge in [0.05, 0.1) is 11.6 Å². The number of benzene rings is 1. The minimum atomic E-state index is 0.326. The van der Waals surface area contributed by atoms with Crippen molar-refractivity contribution in [2.24, 2.45) is 11.8 Å². The first-order chi connectivity index (χ1) is 7.54. The molecule has 0 heterocycles. The lowest BCUT2D eigenvalue weighted by Crippen LogP contribution is -1.99. The second kappa shape index (κ2) is 4.87. The Morgan fingerprint density at radius 2 is 2.12 bits per heavy atom. The molecule has 1 fully saturated rings. The van der Waals surface area contributed by atoms with Crippen LogP contribution in [0.1, 0.15) is 23.7 Å². The average Bonchev–Trinajstić information content (AvgIpc) is 2.93. The number of ether oxygens (including phenoxy) is 1. The van der Waals surface area contributed by atoms with E-state index in [0.29, 0.717) is 10.7 Å². The van der Waals surface area contributed by atoms with E-state index < -0.39 is 0 Å². The molecule has 0 saturated heterocycles. The lowest BCUT2D eigenvalue weighted by atomic mass is 10.1. The highest BCUT2D eigenvalue weighted by molar-refractivity contribution is 9.10. The first kappa shape index (κ1) is 12.7. The van der Waals surface area contributed by atoms with E-state index in [1.54, 1.807) is 7.11 Å². The van der Waals surface area contributed by atoms with E-state index in [4.69, 9.17) is 16.3 Å². The van der Waals surface area contributed by atoms with Gasteiger partial charge < -0.3 is 4.74 Å². The molecule has 1 aromatic carbocycles. The minimum Gasteiger partial charge on any atom is -0.495 e. The van der Waals surface area contributed by atoms with Crippen molar-refractivity contribution in [3.8, 4) is 5.75 Å². The molecule has 1 aromatic rings. The Morgan fingerprint density at radius 3 is 2.62 bits per heavy atom. The second-order valence-corrected chi connectivity index (χ2v) is 6.57. The van der Waals surface area contributed by atoms with E-state index in [0.717, 1.165) is 26.7 Å². The van der Waals surface area contributed by atoms with Gasteiger partial charge in [-0.1, -0.05) is 34.5 Å². The Balaban J connectivity index is 2.38. The molecule has 0 aromatic heterocycles. The molecule has 1 saturated carbocycles. The number of halogens is 3. The van der Waals surface area contributed by atoms with Crippen LogP contribution >= 0.6 is 43.5 Å². The minimum absolute atomic E-state index is 0.326. The first-order valence-corrected chi connectivity index (χ1v) is 7.30. The SMILES string of the molecule is COc1c(Br)cc(Cl)cc1C(Br)C1CC1C. The largest absolute Gasteiger partial charge is 0.495 e. The average molecular weight is 368 g/mol. The highest BCUT2D eigenvalue weighted by atomic mass is 79.9. The summed E-state index contributed by atoms with van der Waals surface area (Å²) >= 11 is 13.3. The van der Waals surface area contributed by atoms with Crippen LogP contribution in [0.3, 0.4) is 0 Å². The Hall–Kier alpha value is 0.270. The molecule has 0 aliphatic heterocycles. The van der Waals surface area contributed by atoms with Crippen LogP contribution in [0.5, 0.6) is 5.75 Å². The summed E-state index contributed by atoms with van der Waals surface area (Å²) in [5.41, 5.74) is 1.14. The lowest BCUT2D eigenvalue weighted by Gasteiger charge is -2.16. The van der Waals surface area contributed by atoms with Crippen LogP contribution in [0.15, 0.2) is 16.6 Å². The van der Waals surface area contributed by atoms with Gasteiger partial charge in [0.1, 0.15) is 5.75 Å². The maximum Gasteiger partial charge on any atom is 0.137 e. The van der Waals surface area contributed by atoms with Crippen LogP contribution in [0.4, 0.5) is 0 Å². The molecular weight excluding hydrogens is 355 g/mol. The van der Waals surface area contributed by atoms with Crippen LogP contribution in [-0.4, -0.2) is 7.11 Å². The molecule has 0 N–H and O–H groups in total. The van der Waals surface area contributed by atoms with E-state index in [1.807, 2.05) is 12.1 Å². The van der Waals surface area contributed by atoms with Crippen molar-refractivity contribution in [2.75, 3.05) is 7.11 Å². The standard InChI is InChI=1S/C12H13Br2ClO/c1-6-3-8(6)11(14)9-4-7(15)5-10(13)12(9)16-2/h4-6,8,11H,3H2,1-2H3. The predicted octanol–water partition coefficient (Wildman–Crippen LogP) is 5.20. The van der Waals surface area contributed by atoms with E-state index in [-0.39, 0.29) is 0 Å². The summed E-state index contributed by atoms with van der Waals surface area (Å²) in [5, 5.41) is 0.737. The number of hydrogen-bond donors (Lipinski definition) is 0. The van der Waals surface area contributed by atoms with Gasteiger partial charge in [0.15, 0.2) is 0 Å². The molecule has 1 aliphatic rings. The van der Waals surface area contributed by atoms with Gasteiger partial charge in [-0.15, -0.1) is 0 Å². The zero-order chi connectivity index (χ0) is 11.9. The maximum absolute atomic E-state index is 6.08. The van der Waals surface area contributed by atoms with Crippen molar-refractivity contribution in [3.05, 3.63) is 27.2 Å². The van der Waals surface area contributed by atoms with Crippen molar-refractivity contribution in [2.45, 2.75) is 18.2 Å². The number of alkyl halides is 1. The van der Waals surface area contributed by atoms with Gasteiger partial charge in [-0.3, -0.25) is 0 Å². The van der Waals surface area contributed by atoms with Crippen LogP contribution in [0.25, 0.3) is 0 Å². The van der Waals surface area contributed by atoms with Gasteiger partial charge in [0.2, 0.25) is 0 Å². The van der Waals surface area contributed by atoms with Crippen LogP contribution in [0, 0.1) is 11.8 Å². The van der Waals surface area contributed by atoms with Gasteiger partial charge in [-0.2, -0.15) is 0 Å². The zero-order valence-corrected chi connectivity index (χ0v) is 13.1. The predicted molar refractivity (Wildman–Crippen MR) is 74.6 cm³/mol. The molecule has 0 bridgehead atoms. The lowest BCUT2D eigenvalue weighted by molar-refractivity contribution is 0.405. The quantitative estimate of drug-likeness (QED) is 0.666. The smallest absolute Gasteiger partial charge is 0.137 e. The third kappa shape index (κ3) is 2.41. The number of hydrogen-bond acceptors (Lipinski definition) is 1. The fraction of sp³-hybridized carbons (Fsp3) is 0.500. The molecule has 4 heteroatoms. The van der Waals surface area contributed by atoms with Crippen molar-refractivity contribution < 1.29 is 4.74 Å². The summed E-state index contributed by atoms with van der Waals surface area (Å²) < 4.78 is 6.34. The summed E-state index contributed by atoms with van der Waals surface area (Å²) in [7, 11) is 1.69. The number of rotatable bonds is 3. The molecule has 0 radical (unpaired) electrons. The molecule has 88 valence electrons. The summed E-state index contributed by atoms with van der Waals surface area (Å²) in [6.07, 6.45) is 1.27. The van der Waals surface area contributed by atoms with Crippen LogP contribution in [-0.2, 0) is 0 Å². The third-order valence-electron chi connectivity index (χ3n) is 3.09. The maximum atomic E-state index is 6.08. The molecule has 0 amide bonds. The van der Waals surface area contributed by atoms with Crippen LogP contribution in [0.2, 0.25) is 5.02 Å². The molecule has 3 unspecified atom stereocenters. The monoisotopic (exact) mass is 366 g/mol. The third-order valence-corrected chi connectivity index (χ3v) is 5.07. The summed E-state index contributed by atoms with van der Waals surface area (Å²) in [5.74, 6) is 2.36. The fourth-order valence-corrected chi connectivity index (χ4v) is 4.06. The van der Waals surface area contributed by atoms with E-state index in [1.165, 1.54) is 6.42 Å². The molecule has 0 spiro atoms. The Labute approximate surface area is 118 Å². The Kier molecular flexibility index (Phi) is 3.87. The van der Waals surface area contributed by atoms with Crippen LogP contribution < -0.4 is 4.74 Å². The van der Waals surface area contributed by atoms with Gasteiger partial charge in [-0.25, -0.2) is 0 Å². The first-order valence-electron chi connectivity index (χ1n) is 5.21. The number of methoxy groups -OCH3 is 1. The molecule has 2 rings (SSSR count). The van der Waals surface area contributed by atoms with Crippen molar-refractivity contribution in [3.63, 3.8) is 0 Å². The summed E-state index contributed by atoms with van der Waals surface area (Å²) in [6.45, 7) is 2.27. The van der Waals surface area contributed by atoms with Crippen molar-refractivity contribution >= 4 is 43.5 Å². The highest BCUT2D eigenvalue weighted by Crippen LogP contribution is 2.54. The second-order valence-electron chi connectivity index (χ2n) is 4.29. The van der Waals surface area contributed by atoms with E-state index in [9.17, 15) is 0 Å². The van der Waals surface area contributed by atoms with Gasteiger partial charge in [-0.05, 0) is 46.3 Å². The van der Waals surface area contributed by atoms with Crippen molar-refractivity contribution in [1.29, 1.82) is 0 Å². The zero-order valence-electron chi connectivity index (χ0n) is 9.14. The summed E-state index contributed by atoms with van der Waals surface area (Å²) in [4.78, 5) is 0.326. The Bertz CT molecular complexity index is 408. The van der Waals surface area contributed by atoms with E-state index in [2.05, 4.69) is 38.8 Å². The van der Waals surface area contributed by atoms with Crippen molar-refractivity contribution in [1.82, 2.24) is 0 Å². The summed E-state index contributed by atoms with van der Waals surface area (Å²) in [6, 6.07) is 3.84. The van der Waals surface area contributed by atoms with Gasteiger partial charge in [0, 0.05) is 15.4 Å². The van der Waals surface area contributed by atoms with Gasteiger partial charge >= 0.3 is 0 Å². The Morgan fingerprint density at radius 1 is 1.50 bits per heavy atom. The van der Waals surface area contributed by atoms with Gasteiger partial charge in [0.25, 0.3) is 0 Å². The molecular formula is C12H13Br2ClO. The topological polar surface area (TPSA) is 9.23 Å². The normalized spacial score (nSPS) is 25.3. The molecule has 1 aliphatic carbocycles. The molecule has 16 heavy (non-hydrogen) atoms. The molecule has 1 nitrogen and oxygen atoms in total. The highest BCUT2D eigenvalue weighted by Gasteiger charge is 2.40.